The summed E-state index contributed by atoms with van der Waals surface area (Å²) in [5, 5.41) is 18.3. The minimum atomic E-state index is -1.20. The lowest BCUT2D eigenvalue weighted by molar-refractivity contribution is -0.143. The highest BCUT2D eigenvalue weighted by Gasteiger charge is 2.24. The van der Waals surface area contributed by atoms with Crippen molar-refractivity contribution < 1.29 is 19.8 Å². The lowest BCUT2D eigenvalue weighted by Crippen LogP contribution is -2.35. The first-order valence-electron chi connectivity index (χ1n) is 5.35. The molecule has 0 unspecified atom stereocenters. The van der Waals surface area contributed by atoms with Crippen molar-refractivity contribution in [3.05, 3.63) is 34.9 Å². The van der Waals surface area contributed by atoms with Gasteiger partial charge in [0.2, 0.25) is 0 Å². The molecule has 1 aromatic rings. The molecule has 0 fully saturated rings. The van der Waals surface area contributed by atoms with Gasteiger partial charge in [0.1, 0.15) is 6.04 Å². The molecule has 0 aliphatic heterocycles. The van der Waals surface area contributed by atoms with Crippen molar-refractivity contribution in [1.29, 1.82) is 0 Å². The van der Waals surface area contributed by atoms with Crippen LogP contribution in [0, 0.1) is 5.92 Å². The molecule has 0 aliphatic carbocycles. The molecule has 0 spiro atoms. The van der Waals surface area contributed by atoms with E-state index in [1.54, 1.807) is 24.3 Å². The molecule has 1 aromatic carbocycles. The third kappa shape index (κ3) is 4.35. The Hall–Kier alpha value is -1.59. The Morgan fingerprint density at radius 1 is 1.17 bits per heavy atom. The smallest absolute Gasteiger partial charge is 0.320 e. The van der Waals surface area contributed by atoms with Crippen molar-refractivity contribution in [2.45, 2.75) is 18.9 Å². The summed E-state index contributed by atoms with van der Waals surface area (Å²) in [6.45, 7) is 0. The molecule has 0 amide bonds. The molecule has 6 heteroatoms. The van der Waals surface area contributed by atoms with Crippen LogP contribution in [0.25, 0.3) is 0 Å². The second-order valence-corrected chi connectivity index (χ2v) is 4.48. The summed E-state index contributed by atoms with van der Waals surface area (Å²) in [6, 6.07) is 5.58. The van der Waals surface area contributed by atoms with Gasteiger partial charge in [0.25, 0.3) is 0 Å². The molecule has 4 N–H and O–H groups in total. The van der Waals surface area contributed by atoms with Gasteiger partial charge < -0.3 is 15.9 Å². The first-order valence-corrected chi connectivity index (χ1v) is 5.73. The number of halogens is 1. The quantitative estimate of drug-likeness (QED) is 0.726. The van der Waals surface area contributed by atoms with Crippen molar-refractivity contribution in [3.8, 4) is 0 Å². The van der Waals surface area contributed by atoms with E-state index in [-0.39, 0.29) is 12.8 Å². The standard InChI is InChI=1S/C12H14ClNO4/c13-9-3-1-7(2-4-9)5-8(11(15)16)6-10(14)12(17)18/h1-4,8,10H,5-6,14H2,(H,15,16)(H,17,18)/t8-,10+/m0/s1. The highest BCUT2D eigenvalue weighted by molar-refractivity contribution is 6.30. The fraction of sp³-hybridized carbons (Fsp3) is 0.333. The van der Waals surface area contributed by atoms with Crippen LogP contribution < -0.4 is 5.73 Å². The van der Waals surface area contributed by atoms with Crippen LogP contribution in [0.3, 0.4) is 0 Å². The van der Waals surface area contributed by atoms with Crippen LogP contribution in [0.4, 0.5) is 0 Å². The molecule has 98 valence electrons. The van der Waals surface area contributed by atoms with Gasteiger partial charge in [-0.25, -0.2) is 0 Å². The zero-order valence-electron chi connectivity index (χ0n) is 9.54. The number of hydrogen-bond donors (Lipinski definition) is 3. The second-order valence-electron chi connectivity index (χ2n) is 4.05. The minimum absolute atomic E-state index is 0.104. The van der Waals surface area contributed by atoms with Crippen molar-refractivity contribution >= 4 is 23.5 Å². The molecular weight excluding hydrogens is 258 g/mol. The lowest BCUT2D eigenvalue weighted by Gasteiger charge is -2.14. The topological polar surface area (TPSA) is 101 Å². The van der Waals surface area contributed by atoms with Gasteiger partial charge in [-0.2, -0.15) is 0 Å². The molecule has 0 heterocycles. The Bertz CT molecular complexity index is 432. The lowest BCUT2D eigenvalue weighted by atomic mass is 9.93. The third-order valence-electron chi connectivity index (χ3n) is 2.60. The normalized spacial score (nSPS) is 13.9. The van der Waals surface area contributed by atoms with Crippen LogP contribution in [0.15, 0.2) is 24.3 Å². The van der Waals surface area contributed by atoms with E-state index in [0.29, 0.717) is 5.02 Å². The van der Waals surface area contributed by atoms with E-state index in [4.69, 9.17) is 27.5 Å². The van der Waals surface area contributed by atoms with Gasteiger partial charge in [0.15, 0.2) is 0 Å². The number of rotatable bonds is 6. The molecule has 5 nitrogen and oxygen atoms in total. The molecule has 2 atom stereocenters. The van der Waals surface area contributed by atoms with Crippen LogP contribution in [0.5, 0.6) is 0 Å². The Kier molecular flexibility index (Phi) is 5.12. The Morgan fingerprint density at radius 2 is 1.72 bits per heavy atom. The number of carbonyl (C=O) groups is 2. The van der Waals surface area contributed by atoms with Gasteiger partial charge >= 0.3 is 11.9 Å². The van der Waals surface area contributed by atoms with Gasteiger partial charge in [0.05, 0.1) is 5.92 Å². The average Bonchev–Trinajstić information content (AvgIpc) is 2.30. The van der Waals surface area contributed by atoms with E-state index in [0.717, 1.165) is 5.56 Å². The van der Waals surface area contributed by atoms with E-state index >= 15 is 0 Å². The maximum Gasteiger partial charge on any atom is 0.320 e. The van der Waals surface area contributed by atoms with E-state index in [1.807, 2.05) is 0 Å². The summed E-state index contributed by atoms with van der Waals surface area (Å²) in [6.07, 6.45) is 0.126. The SMILES string of the molecule is N[C@H](C[C@H](Cc1ccc(Cl)cc1)C(=O)O)C(=O)O. The van der Waals surface area contributed by atoms with E-state index in [9.17, 15) is 9.59 Å². The number of benzene rings is 1. The molecule has 0 saturated heterocycles. The van der Waals surface area contributed by atoms with Gasteiger partial charge in [-0.05, 0) is 30.5 Å². The Labute approximate surface area is 109 Å². The third-order valence-corrected chi connectivity index (χ3v) is 2.85. The first kappa shape index (κ1) is 14.5. The molecule has 0 bridgehead atoms. The monoisotopic (exact) mass is 271 g/mol. The summed E-state index contributed by atoms with van der Waals surface area (Å²) >= 11 is 5.72. The highest BCUT2D eigenvalue weighted by Crippen LogP contribution is 2.17. The molecule has 1 rings (SSSR count). The van der Waals surface area contributed by atoms with Crippen molar-refractivity contribution in [2.75, 3.05) is 0 Å². The fourth-order valence-electron chi connectivity index (χ4n) is 1.58. The summed E-state index contributed by atoms with van der Waals surface area (Å²) < 4.78 is 0. The van der Waals surface area contributed by atoms with Gasteiger partial charge in [-0.15, -0.1) is 0 Å². The van der Waals surface area contributed by atoms with Gasteiger partial charge in [0, 0.05) is 5.02 Å². The Balaban J connectivity index is 2.71. The average molecular weight is 272 g/mol. The summed E-state index contributed by atoms with van der Waals surface area (Å²) in [5.74, 6) is -3.07. The first-order chi connectivity index (χ1) is 8.40. The molecule has 18 heavy (non-hydrogen) atoms. The number of carboxylic acids is 2. The second kappa shape index (κ2) is 6.37. The van der Waals surface area contributed by atoms with E-state index < -0.39 is 23.9 Å². The summed E-state index contributed by atoms with van der Waals surface area (Å²) in [5.41, 5.74) is 6.13. The summed E-state index contributed by atoms with van der Waals surface area (Å²) in [4.78, 5) is 21.7. The zero-order valence-corrected chi connectivity index (χ0v) is 10.3. The van der Waals surface area contributed by atoms with Crippen LogP contribution in [-0.4, -0.2) is 28.2 Å². The predicted octanol–water partition coefficient (Wildman–Crippen LogP) is 1.39. The number of nitrogens with two attached hydrogens (primary N) is 1. The van der Waals surface area contributed by atoms with Gasteiger partial charge in [-0.1, -0.05) is 23.7 Å². The molecule has 0 aromatic heterocycles. The number of hydrogen-bond acceptors (Lipinski definition) is 3. The maximum atomic E-state index is 11.1. The van der Waals surface area contributed by atoms with Crippen LogP contribution in [-0.2, 0) is 16.0 Å². The number of aliphatic carboxylic acids is 2. The molecule has 0 aliphatic rings. The van der Waals surface area contributed by atoms with Gasteiger partial charge in [-0.3, -0.25) is 9.59 Å². The molecular formula is C12H14ClNO4. The van der Waals surface area contributed by atoms with E-state index in [2.05, 4.69) is 0 Å². The number of carboxylic acid groups (broad SMARTS) is 2. The minimum Gasteiger partial charge on any atom is -0.481 e. The zero-order chi connectivity index (χ0) is 13.7. The summed E-state index contributed by atoms with van der Waals surface area (Å²) in [7, 11) is 0. The molecule has 0 saturated carbocycles. The molecule has 0 radical (unpaired) electrons. The highest BCUT2D eigenvalue weighted by atomic mass is 35.5. The largest absolute Gasteiger partial charge is 0.481 e. The van der Waals surface area contributed by atoms with Crippen LogP contribution in [0.1, 0.15) is 12.0 Å². The van der Waals surface area contributed by atoms with Crippen LogP contribution in [0.2, 0.25) is 5.02 Å². The maximum absolute atomic E-state index is 11.1. The van der Waals surface area contributed by atoms with Crippen molar-refractivity contribution in [1.82, 2.24) is 0 Å². The fourth-order valence-corrected chi connectivity index (χ4v) is 1.71. The Morgan fingerprint density at radius 3 is 2.17 bits per heavy atom. The van der Waals surface area contributed by atoms with Crippen LogP contribution >= 0.6 is 11.6 Å². The van der Waals surface area contributed by atoms with E-state index in [1.165, 1.54) is 0 Å². The van der Waals surface area contributed by atoms with Crippen molar-refractivity contribution in [3.63, 3.8) is 0 Å². The van der Waals surface area contributed by atoms with Crippen molar-refractivity contribution in [2.24, 2.45) is 11.7 Å². The predicted molar refractivity (Wildman–Crippen MR) is 66.5 cm³/mol.